The summed E-state index contributed by atoms with van der Waals surface area (Å²) >= 11 is 0. The van der Waals surface area contributed by atoms with Gasteiger partial charge < -0.3 is 4.89 Å². The molecule has 0 atom stereocenters. The van der Waals surface area contributed by atoms with Crippen LogP contribution in [0.25, 0.3) is 0 Å². The number of hydrogen-bond donors (Lipinski definition) is 1. The molecule has 0 aromatic heterocycles. The third-order valence-corrected chi connectivity index (χ3v) is 3.03. The standard InChI is InChI=1S/C7H15O4P/c1-6(2)5-7(3,4)11-12(8,9)10-6/h5H2,1-4H3,(H,8,9). The van der Waals surface area contributed by atoms with Crippen molar-refractivity contribution in [2.45, 2.75) is 45.3 Å². The molecule has 1 heterocycles. The van der Waals surface area contributed by atoms with Crippen LogP contribution in [0, 0.1) is 0 Å². The topological polar surface area (TPSA) is 55.8 Å². The minimum atomic E-state index is -3.83. The van der Waals surface area contributed by atoms with Gasteiger partial charge in [-0.25, -0.2) is 4.57 Å². The van der Waals surface area contributed by atoms with Crippen molar-refractivity contribution in [1.82, 2.24) is 0 Å². The molecular weight excluding hydrogens is 179 g/mol. The highest BCUT2D eigenvalue weighted by molar-refractivity contribution is 7.47. The van der Waals surface area contributed by atoms with Gasteiger partial charge in [0.05, 0.1) is 11.2 Å². The largest absolute Gasteiger partial charge is 0.473 e. The maximum absolute atomic E-state index is 11.2. The molecule has 1 aliphatic rings. The smallest absolute Gasteiger partial charge is 0.302 e. The molecule has 0 radical (unpaired) electrons. The number of phosphoric acid groups is 1. The van der Waals surface area contributed by atoms with Crippen molar-refractivity contribution < 1.29 is 18.5 Å². The molecule has 0 saturated carbocycles. The van der Waals surface area contributed by atoms with Crippen LogP contribution in [-0.2, 0) is 13.6 Å². The van der Waals surface area contributed by atoms with E-state index in [1.54, 1.807) is 27.7 Å². The van der Waals surface area contributed by atoms with Gasteiger partial charge in [0, 0.05) is 6.42 Å². The third kappa shape index (κ3) is 2.56. The van der Waals surface area contributed by atoms with Crippen LogP contribution in [0.4, 0.5) is 0 Å². The van der Waals surface area contributed by atoms with Crippen molar-refractivity contribution in [1.29, 1.82) is 0 Å². The first-order valence-corrected chi connectivity index (χ1v) is 5.36. The van der Waals surface area contributed by atoms with Gasteiger partial charge >= 0.3 is 7.82 Å². The maximum atomic E-state index is 11.2. The van der Waals surface area contributed by atoms with Gasteiger partial charge in [-0.05, 0) is 27.7 Å². The molecule has 1 rings (SSSR count). The molecule has 0 unspecified atom stereocenters. The highest BCUT2D eigenvalue weighted by Gasteiger charge is 2.46. The molecular formula is C7H15O4P. The van der Waals surface area contributed by atoms with E-state index in [1.165, 1.54) is 0 Å². The molecule has 0 aliphatic carbocycles. The lowest BCUT2D eigenvalue weighted by Crippen LogP contribution is -2.41. The van der Waals surface area contributed by atoms with Crippen LogP contribution in [0.5, 0.6) is 0 Å². The van der Waals surface area contributed by atoms with Gasteiger partial charge in [0.1, 0.15) is 0 Å². The predicted molar refractivity (Wildman–Crippen MR) is 44.8 cm³/mol. The molecule has 72 valence electrons. The normalized spacial score (nSPS) is 31.4. The van der Waals surface area contributed by atoms with Gasteiger partial charge in [-0.15, -0.1) is 0 Å². The van der Waals surface area contributed by atoms with Gasteiger partial charge in [0.2, 0.25) is 0 Å². The van der Waals surface area contributed by atoms with E-state index in [9.17, 15) is 4.57 Å². The summed E-state index contributed by atoms with van der Waals surface area (Å²) in [6.45, 7) is 7.11. The van der Waals surface area contributed by atoms with Crippen LogP contribution in [0.3, 0.4) is 0 Å². The highest BCUT2D eigenvalue weighted by atomic mass is 31.2. The summed E-state index contributed by atoms with van der Waals surface area (Å²) in [6, 6.07) is 0. The fourth-order valence-electron chi connectivity index (χ4n) is 1.73. The Hall–Kier alpha value is 0.110. The average molecular weight is 194 g/mol. The summed E-state index contributed by atoms with van der Waals surface area (Å²) in [5, 5.41) is 0. The van der Waals surface area contributed by atoms with Crippen molar-refractivity contribution >= 4 is 7.82 Å². The first-order valence-electron chi connectivity index (χ1n) is 3.86. The molecule has 1 aliphatic heterocycles. The number of rotatable bonds is 0. The number of hydrogen-bond acceptors (Lipinski definition) is 3. The zero-order valence-electron chi connectivity index (χ0n) is 7.83. The lowest BCUT2D eigenvalue weighted by molar-refractivity contribution is -0.0813. The lowest BCUT2D eigenvalue weighted by Gasteiger charge is -2.41. The molecule has 12 heavy (non-hydrogen) atoms. The van der Waals surface area contributed by atoms with Crippen molar-refractivity contribution in [3.05, 3.63) is 0 Å². The minimum absolute atomic E-state index is 0.591. The summed E-state index contributed by atoms with van der Waals surface area (Å²) in [4.78, 5) is 9.16. The van der Waals surface area contributed by atoms with Crippen LogP contribution >= 0.6 is 7.82 Å². The Labute approximate surface area is 72.5 Å². The minimum Gasteiger partial charge on any atom is -0.302 e. The van der Waals surface area contributed by atoms with Crippen LogP contribution in [0.1, 0.15) is 34.1 Å². The predicted octanol–water partition coefficient (Wildman–Crippen LogP) is 2.08. The van der Waals surface area contributed by atoms with Crippen molar-refractivity contribution in [3.63, 3.8) is 0 Å². The Bertz CT molecular complexity index is 214. The SMILES string of the molecule is CC1(C)CC(C)(C)OP(=O)(O)O1. The maximum Gasteiger partial charge on any atom is 0.473 e. The summed E-state index contributed by atoms with van der Waals surface area (Å²) in [5.74, 6) is 0. The van der Waals surface area contributed by atoms with E-state index in [0.717, 1.165) is 0 Å². The zero-order chi connectivity index (χ0) is 9.62. The van der Waals surface area contributed by atoms with Crippen molar-refractivity contribution in [2.24, 2.45) is 0 Å². The fourth-order valence-corrected chi connectivity index (χ4v) is 3.15. The molecule has 4 nitrogen and oxygen atoms in total. The molecule has 0 aromatic carbocycles. The average Bonchev–Trinajstić information content (AvgIpc) is 1.44. The quantitative estimate of drug-likeness (QED) is 0.600. The molecule has 5 heteroatoms. The Kier molecular flexibility index (Phi) is 2.16. The van der Waals surface area contributed by atoms with Gasteiger partial charge in [-0.1, -0.05) is 0 Å². The molecule has 1 saturated heterocycles. The summed E-state index contributed by atoms with van der Waals surface area (Å²) in [5.41, 5.74) is -1.18. The third-order valence-electron chi connectivity index (χ3n) is 1.58. The van der Waals surface area contributed by atoms with Crippen LogP contribution < -0.4 is 0 Å². The first kappa shape index (κ1) is 10.2. The lowest BCUT2D eigenvalue weighted by atomic mass is 9.93. The van der Waals surface area contributed by atoms with E-state index in [-0.39, 0.29) is 0 Å². The monoisotopic (exact) mass is 194 g/mol. The molecule has 1 fully saturated rings. The Morgan fingerprint density at radius 1 is 1.17 bits per heavy atom. The molecule has 0 amide bonds. The summed E-state index contributed by atoms with van der Waals surface area (Å²) < 4.78 is 20.9. The van der Waals surface area contributed by atoms with Gasteiger partial charge in [-0.3, -0.25) is 9.05 Å². The second kappa shape index (κ2) is 2.55. The van der Waals surface area contributed by atoms with Crippen LogP contribution in [-0.4, -0.2) is 16.1 Å². The first-order chi connectivity index (χ1) is 5.12. The van der Waals surface area contributed by atoms with E-state index in [4.69, 9.17) is 13.9 Å². The fraction of sp³-hybridized carbons (Fsp3) is 1.00. The van der Waals surface area contributed by atoms with E-state index in [0.29, 0.717) is 6.42 Å². The highest BCUT2D eigenvalue weighted by Crippen LogP contribution is 2.56. The molecule has 1 N–H and O–H groups in total. The second-order valence-corrected chi connectivity index (χ2v) is 5.65. The van der Waals surface area contributed by atoms with Crippen LogP contribution in [0.2, 0.25) is 0 Å². The molecule has 0 bridgehead atoms. The Morgan fingerprint density at radius 2 is 1.50 bits per heavy atom. The van der Waals surface area contributed by atoms with Crippen molar-refractivity contribution in [2.75, 3.05) is 0 Å². The number of phosphoric ester groups is 1. The van der Waals surface area contributed by atoms with E-state index >= 15 is 0 Å². The molecule has 0 spiro atoms. The second-order valence-electron chi connectivity index (χ2n) is 4.35. The summed E-state index contributed by atoms with van der Waals surface area (Å²) in [7, 11) is -3.83. The van der Waals surface area contributed by atoms with Gasteiger partial charge in [0.15, 0.2) is 0 Å². The molecule has 0 aromatic rings. The van der Waals surface area contributed by atoms with Gasteiger partial charge in [0.25, 0.3) is 0 Å². The van der Waals surface area contributed by atoms with Crippen LogP contribution in [0.15, 0.2) is 0 Å². The van der Waals surface area contributed by atoms with E-state index in [2.05, 4.69) is 0 Å². The van der Waals surface area contributed by atoms with E-state index < -0.39 is 19.0 Å². The zero-order valence-corrected chi connectivity index (χ0v) is 8.72. The van der Waals surface area contributed by atoms with Gasteiger partial charge in [-0.2, -0.15) is 0 Å². The Balaban J connectivity index is 2.88. The Morgan fingerprint density at radius 3 is 1.75 bits per heavy atom. The summed E-state index contributed by atoms with van der Waals surface area (Å²) in [6.07, 6.45) is 0.602. The van der Waals surface area contributed by atoms with Crippen molar-refractivity contribution in [3.8, 4) is 0 Å². The van der Waals surface area contributed by atoms with E-state index in [1.807, 2.05) is 0 Å².